The number of rotatable bonds is 5. The zero-order valence-corrected chi connectivity index (χ0v) is 15.6. The molecule has 4 nitrogen and oxygen atoms in total. The lowest BCUT2D eigenvalue weighted by Crippen LogP contribution is -2.41. The molecule has 4 heteroatoms. The third kappa shape index (κ3) is 5.07. The Kier molecular flexibility index (Phi) is 5.53. The molecule has 25 heavy (non-hydrogen) atoms. The van der Waals surface area contributed by atoms with Crippen molar-refractivity contribution in [1.82, 2.24) is 0 Å². The minimum atomic E-state index is -0.838. The molecule has 0 radical (unpaired) electrons. The van der Waals surface area contributed by atoms with E-state index in [1.54, 1.807) is 13.8 Å². The minimum absolute atomic E-state index is 0.308. The summed E-state index contributed by atoms with van der Waals surface area (Å²) in [6.45, 7) is 9.16. The molecule has 1 atom stereocenters. The fourth-order valence-corrected chi connectivity index (χ4v) is 2.32. The summed E-state index contributed by atoms with van der Waals surface area (Å²) in [7, 11) is 0. The molecule has 0 aliphatic heterocycles. The molecule has 0 saturated heterocycles. The Morgan fingerprint density at radius 3 is 1.92 bits per heavy atom. The van der Waals surface area contributed by atoms with Gasteiger partial charge in [-0.2, -0.15) is 0 Å². The topological polar surface area (TPSA) is 61.5 Å². The van der Waals surface area contributed by atoms with Crippen LogP contribution in [0.2, 0.25) is 0 Å². The Balaban J connectivity index is 2.11. The van der Waals surface area contributed by atoms with E-state index in [2.05, 4.69) is 0 Å². The molecule has 0 heterocycles. The Labute approximate surface area is 150 Å². The third-order valence-corrected chi connectivity index (χ3v) is 3.92. The van der Waals surface area contributed by atoms with Crippen molar-refractivity contribution in [2.45, 2.75) is 46.3 Å². The van der Waals surface area contributed by atoms with Gasteiger partial charge in [-0.25, -0.2) is 0 Å². The Morgan fingerprint density at radius 1 is 0.880 bits per heavy atom. The third-order valence-electron chi connectivity index (χ3n) is 3.92. The highest BCUT2D eigenvalue weighted by molar-refractivity contribution is 5.77. The highest BCUT2D eigenvalue weighted by atomic mass is 16.6. The first-order valence-corrected chi connectivity index (χ1v) is 8.41. The van der Waals surface area contributed by atoms with E-state index in [1.165, 1.54) is 0 Å². The summed E-state index contributed by atoms with van der Waals surface area (Å²) in [6.07, 6.45) is 0. The zero-order valence-electron chi connectivity index (χ0n) is 15.6. The molecule has 0 amide bonds. The van der Waals surface area contributed by atoms with E-state index in [1.807, 2.05) is 75.4 Å². The van der Waals surface area contributed by atoms with Crippen molar-refractivity contribution in [3.8, 4) is 11.5 Å². The molecule has 0 unspecified atom stereocenters. The normalized spacial score (nSPS) is 13.2. The van der Waals surface area contributed by atoms with Gasteiger partial charge in [0.2, 0.25) is 0 Å². The van der Waals surface area contributed by atoms with Gasteiger partial charge in [0.1, 0.15) is 17.1 Å². The summed E-state index contributed by atoms with van der Waals surface area (Å²) in [5, 5.41) is 0. The first kappa shape index (κ1) is 19.0. The van der Waals surface area contributed by atoms with Gasteiger partial charge >= 0.3 is 5.97 Å². The van der Waals surface area contributed by atoms with Gasteiger partial charge in [0.25, 0.3) is 0 Å². The van der Waals surface area contributed by atoms with Crippen molar-refractivity contribution in [2.24, 2.45) is 11.1 Å². The second-order valence-electron chi connectivity index (χ2n) is 7.69. The van der Waals surface area contributed by atoms with Crippen LogP contribution in [0.15, 0.2) is 54.6 Å². The number of ether oxygens (including phenoxy) is 2. The number of nitrogens with two attached hydrogens (primary N) is 1. The lowest BCUT2D eigenvalue weighted by Gasteiger charge is -2.33. The van der Waals surface area contributed by atoms with Gasteiger partial charge in [0.05, 0.1) is 5.41 Å². The van der Waals surface area contributed by atoms with Crippen molar-refractivity contribution in [3.63, 3.8) is 0 Å². The van der Waals surface area contributed by atoms with Crippen molar-refractivity contribution in [1.29, 1.82) is 0 Å². The van der Waals surface area contributed by atoms with Crippen LogP contribution in [0.3, 0.4) is 0 Å². The molecule has 2 N–H and O–H groups in total. The van der Waals surface area contributed by atoms with Crippen molar-refractivity contribution in [2.75, 3.05) is 0 Å². The van der Waals surface area contributed by atoms with Crippen molar-refractivity contribution in [3.05, 3.63) is 60.2 Å². The van der Waals surface area contributed by atoms with Crippen LogP contribution in [0.5, 0.6) is 11.5 Å². The van der Waals surface area contributed by atoms with Crippen LogP contribution >= 0.6 is 0 Å². The number of hydrogen-bond donors (Lipinski definition) is 1. The van der Waals surface area contributed by atoms with E-state index < -0.39 is 17.1 Å². The van der Waals surface area contributed by atoms with E-state index in [-0.39, 0.29) is 5.97 Å². The standard InChI is InChI=1S/C21H27NO3/c1-20(2,3)25-19(23)21(4,5)18(22)15-11-13-17(14-12-15)24-16-9-7-6-8-10-16/h6-14,18H,22H2,1-5H3/t18-/m1/s1. The highest BCUT2D eigenvalue weighted by Gasteiger charge is 2.38. The molecule has 0 aliphatic carbocycles. The second kappa shape index (κ2) is 7.28. The Bertz CT molecular complexity index is 700. The summed E-state index contributed by atoms with van der Waals surface area (Å²) < 4.78 is 11.3. The molecule has 0 aliphatic rings. The number of para-hydroxylation sites is 1. The van der Waals surface area contributed by atoms with Gasteiger partial charge in [-0.1, -0.05) is 30.3 Å². The lowest BCUT2D eigenvalue weighted by molar-refractivity contribution is -0.167. The maximum Gasteiger partial charge on any atom is 0.313 e. The fraction of sp³-hybridized carbons (Fsp3) is 0.381. The second-order valence-corrected chi connectivity index (χ2v) is 7.69. The average molecular weight is 341 g/mol. The van der Waals surface area contributed by atoms with Crippen molar-refractivity contribution >= 4 is 5.97 Å². The molecule has 134 valence electrons. The summed E-state index contributed by atoms with van der Waals surface area (Å²) >= 11 is 0. The maximum atomic E-state index is 12.5. The molecular weight excluding hydrogens is 314 g/mol. The fourth-order valence-electron chi connectivity index (χ4n) is 2.32. The highest BCUT2D eigenvalue weighted by Crippen LogP contribution is 2.35. The van der Waals surface area contributed by atoms with E-state index >= 15 is 0 Å². The molecule has 2 aromatic carbocycles. The number of esters is 1. The molecule has 0 fully saturated rings. The van der Waals surface area contributed by atoms with Crippen LogP contribution in [0.1, 0.15) is 46.2 Å². The molecule has 2 rings (SSSR count). The van der Waals surface area contributed by atoms with Crippen LogP contribution in [-0.4, -0.2) is 11.6 Å². The van der Waals surface area contributed by atoms with E-state index in [9.17, 15) is 4.79 Å². The lowest BCUT2D eigenvalue weighted by atomic mass is 9.81. The summed E-state index contributed by atoms with van der Waals surface area (Å²) in [5.41, 5.74) is 5.83. The predicted molar refractivity (Wildman–Crippen MR) is 99.5 cm³/mol. The van der Waals surface area contributed by atoms with E-state index in [0.29, 0.717) is 0 Å². The van der Waals surface area contributed by atoms with Gasteiger partial charge in [-0.05, 0) is 64.4 Å². The first-order valence-electron chi connectivity index (χ1n) is 8.41. The number of carbonyl (C=O) groups is 1. The summed E-state index contributed by atoms with van der Waals surface area (Å²) in [6, 6.07) is 16.6. The average Bonchev–Trinajstić information content (AvgIpc) is 2.54. The quantitative estimate of drug-likeness (QED) is 0.790. The monoisotopic (exact) mass is 341 g/mol. The van der Waals surface area contributed by atoms with Crippen LogP contribution in [-0.2, 0) is 9.53 Å². The molecule has 0 spiro atoms. The van der Waals surface area contributed by atoms with Gasteiger partial charge in [-0.3, -0.25) is 4.79 Å². The SMILES string of the molecule is CC(C)(C)OC(=O)C(C)(C)[C@H](N)c1ccc(Oc2ccccc2)cc1. The van der Waals surface area contributed by atoms with Crippen LogP contribution in [0.4, 0.5) is 0 Å². The van der Waals surface area contributed by atoms with Gasteiger partial charge in [-0.15, -0.1) is 0 Å². The van der Waals surface area contributed by atoms with E-state index in [4.69, 9.17) is 15.2 Å². The predicted octanol–water partition coefficient (Wildman–Crippen LogP) is 4.85. The van der Waals surface area contributed by atoms with Crippen molar-refractivity contribution < 1.29 is 14.3 Å². The first-order chi connectivity index (χ1) is 11.6. The smallest absolute Gasteiger partial charge is 0.313 e. The molecule has 2 aromatic rings. The minimum Gasteiger partial charge on any atom is -0.460 e. The molecular formula is C21H27NO3. The van der Waals surface area contributed by atoms with E-state index in [0.717, 1.165) is 17.1 Å². The van der Waals surface area contributed by atoms with Crippen LogP contribution in [0, 0.1) is 5.41 Å². The zero-order chi connectivity index (χ0) is 18.7. The number of hydrogen-bond acceptors (Lipinski definition) is 4. The Morgan fingerprint density at radius 2 is 1.40 bits per heavy atom. The van der Waals surface area contributed by atoms with Crippen LogP contribution in [0.25, 0.3) is 0 Å². The molecule has 0 saturated carbocycles. The van der Waals surface area contributed by atoms with Crippen LogP contribution < -0.4 is 10.5 Å². The maximum absolute atomic E-state index is 12.5. The van der Waals surface area contributed by atoms with Gasteiger partial charge in [0.15, 0.2) is 0 Å². The Hall–Kier alpha value is -2.33. The summed E-state index contributed by atoms with van der Waals surface area (Å²) in [5.74, 6) is 1.18. The molecule has 0 bridgehead atoms. The number of benzene rings is 2. The van der Waals surface area contributed by atoms with Gasteiger partial charge < -0.3 is 15.2 Å². The number of carbonyl (C=O) groups excluding carboxylic acids is 1. The van der Waals surface area contributed by atoms with Gasteiger partial charge in [0, 0.05) is 6.04 Å². The molecule has 0 aromatic heterocycles. The summed E-state index contributed by atoms with van der Waals surface area (Å²) in [4.78, 5) is 12.5. The largest absolute Gasteiger partial charge is 0.460 e.